The van der Waals surface area contributed by atoms with E-state index < -0.39 is 5.82 Å². The van der Waals surface area contributed by atoms with Crippen molar-refractivity contribution in [2.24, 2.45) is 11.1 Å². The highest BCUT2D eigenvalue weighted by Crippen LogP contribution is 2.31. The summed E-state index contributed by atoms with van der Waals surface area (Å²) in [6.45, 7) is 0.977. The van der Waals surface area contributed by atoms with Gasteiger partial charge in [-0.2, -0.15) is 0 Å². The van der Waals surface area contributed by atoms with E-state index in [1.807, 2.05) is 30.3 Å². The predicted molar refractivity (Wildman–Crippen MR) is 88.7 cm³/mol. The summed E-state index contributed by atoms with van der Waals surface area (Å²) < 4.78 is 13.3. The van der Waals surface area contributed by atoms with Crippen molar-refractivity contribution in [3.05, 3.63) is 70.5 Å². The Hall–Kier alpha value is -2.40. The van der Waals surface area contributed by atoms with Gasteiger partial charge in [-0.3, -0.25) is 4.79 Å². The van der Waals surface area contributed by atoms with Gasteiger partial charge in [-0.05, 0) is 23.8 Å². The van der Waals surface area contributed by atoms with Crippen LogP contribution in [0.1, 0.15) is 15.9 Å². The summed E-state index contributed by atoms with van der Waals surface area (Å²) in [6, 6.07) is 13.8. The van der Waals surface area contributed by atoms with Crippen LogP contribution in [0.2, 0.25) is 5.02 Å². The van der Waals surface area contributed by atoms with E-state index in [0.717, 1.165) is 11.3 Å². The molecule has 0 N–H and O–H groups in total. The minimum atomic E-state index is -0.534. The normalized spacial score (nSPS) is 22.1. The monoisotopic (exact) mass is 344 g/mol. The van der Waals surface area contributed by atoms with Crippen molar-refractivity contribution in [1.29, 1.82) is 0 Å². The number of carbonyl (C=O) groups excluding carboxylic acids is 1. The molecule has 2 aromatic carbocycles. The summed E-state index contributed by atoms with van der Waals surface area (Å²) in [4.78, 5) is 19.9. The van der Waals surface area contributed by atoms with Gasteiger partial charge in [0, 0.05) is 12.1 Å². The van der Waals surface area contributed by atoms with E-state index in [0.29, 0.717) is 18.7 Å². The maximum atomic E-state index is 13.3. The Morgan fingerprint density at radius 1 is 1.21 bits per heavy atom. The molecule has 2 unspecified atom stereocenters. The number of oxime groups is 1. The summed E-state index contributed by atoms with van der Waals surface area (Å²) >= 11 is 5.77. The zero-order valence-corrected chi connectivity index (χ0v) is 13.4. The van der Waals surface area contributed by atoms with Crippen LogP contribution in [0.25, 0.3) is 0 Å². The highest BCUT2D eigenvalue weighted by molar-refractivity contribution is 6.31. The molecule has 0 radical (unpaired) electrons. The fourth-order valence-corrected chi connectivity index (χ4v) is 3.37. The number of hydrogen-bond acceptors (Lipinski definition) is 3. The summed E-state index contributed by atoms with van der Waals surface area (Å²) in [5, 5.41) is 4.14. The quantitative estimate of drug-likeness (QED) is 0.838. The van der Waals surface area contributed by atoms with Crippen LogP contribution in [-0.2, 0) is 4.84 Å². The van der Waals surface area contributed by atoms with Crippen molar-refractivity contribution in [3.63, 3.8) is 0 Å². The molecule has 0 bridgehead atoms. The minimum absolute atomic E-state index is 0.0484. The van der Waals surface area contributed by atoms with E-state index in [9.17, 15) is 9.18 Å². The Morgan fingerprint density at radius 2 is 2.00 bits per heavy atom. The standard InChI is InChI=1S/C18H14ClFN2O2/c19-14-8-12(6-7-15(14)20)18(23)22-9-13-16(10-22)24-21-17(13)11-4-2-1-3-5-11/h1-8,13,16H,9-10H2. The molecule has 2 aliphatic rings. The van der Waals surface area contributed by atoms with Gasteiger partial charge in [-0.15, -0.1) is 0 Å². The fraction of sp³-hybridized carbons (Fsp3) is 0.222. The lowest BCUT2D eigenvalue weighted by Crippen LogP contribution is -2.30. The second-order valence-corrected chi connectivity index (χ2v) is 6.34. The molecule has 4 nitrogen and oxygen atoms in total. The van der Waals surface area contributed by atoms with Crippen molar-refractivity contribution < 1.29 is 14.0 Å². The van der Waals surface area contributed by atoms with Gasteiger partial charge in [0.15, 0.2) is 6.10 Å². The van der Waals surface area contributed by atoms with Crippen LogP contribution in [0.5, 0.6) is 0 Å². The number of nitrogens with zero attached hydrogens (tertiary/aromatic N) is 2. The molecular weight excluding hydrogens is 331 g/mol. The van der Waals surface area contributed by atoms with Gasteiger partial charge in [-0.1, -0.05) is 47.1 Å². The molecule has 2 atom stereocenters. The van der Waals surface area contributed by atoms with Gasteiger partial charge in [0.05, 0.1) is 23.2 Å². The first-order valence-electron chi connectivity index (χ1n) is 7.67. The van der Waals surface area contributed by atoms with Gasteiger partial charge in [0.1, 0.15) is 5.82 Å². The van der Waals surface area contributed by atoms with Crippen molar-refractivity contribution in [3.8, 4) is 0 Å². The number of likely N-dealkylation sites (tertiary alicyclic amines) is 1. The smallest absolute Gasteiger partial charge is 0.254 e. The highest BCUT2D eigenvalue weighted by atomic mass is 35.5. The van der Waals surface area contributed by atoms with Crippen LogP contribution in [0.15, 0.2) is 53.7 Å². The molecule has 1 saturated heterocycles. The molecule has 122 valence electrons. The first-order valence-corrected chi connectivity index (χ1v) is 8.05. The molecule has 4 rings (SSSR count). The van der Waals surface area contributed by atoms with E-state index >= 15 is 0 Å². The summed E-state index contributed by atoms with van der Waals surface area (Å²) in [5.74, 6) is -0.664. The van der Waals surface area contributed by atoms with Gasteiger partial charge in [0.25, 0.3) is 5.91 Å². The number of hydrogen-bond donors (Lipinski definition) is 0. The fourth-order valence-electron chi connectivity index (χ4n) is 3.19. The third kappa shape index (κ3) is 2.55. The summed E-state index contributed by atoms with van der Waals surface area (Å²) in [7, 11) is 0. The molecule has 0 aromatic heterocycles. The first kappa shape index (κ1) is 15.1. The van der Waals surface area contributed by atoms with Gasteiger partial charge in [0.2, 0.25) is 0 Å². The molecular formula is C18H14ClFN2O2. The zero-order valence-electron chi connectivity index (χ0n) is 12.7. The van der Waals surface area contributed by atoms with Crippen LogP contribution >= 0.6 is 11.6 Å². The molecule has 0 saturated carbocycles. The minimum Gasteiger partial charge on any atom is -0.390 e. The lowest BCUT2D eigenvalue weighted by Gasteiger charge is -2.17. The van der Waals surface area contributed by atoms with Crippen molar-refractivity contribution >= 4 is 23.2 Å². The largest absolute Gasteiger partial charge is 0.390 e. The predicted octanol–water partition coefficient (Wildman–Crippen LogP) is 3.35. The van der Waals surface area contributed by atoms with Crippen LogP contribution in [-0.4, -0.2) is 35.7 Å². The van der Waals surface area contributed by atoms with E-state index in [4.69, 9.17) is 16.4 Å². The Kier molecular flexibility index (Phi) is 3.73. The van der Waals surface area contributed by atoms with E-state index in [-0.39, 0.29) is 23.0 Å². The average Bonchev–Trinajstić information content (AvgIpc) is 3.18. The molecule has 2 aromatic rings. The Bertz CT molecular complexity index is 825. The van der Waals surface area contributed by atoms with E-state index in [2.05, 4.69) is 5.16 Å². The molecule has 6 heteroatoms. The van der Waals surface area contributed by atoms with Gasteiger partial charge < -0.3 is 9.74 Å². The maximum Gasteiger partial charge on any atom is 0.254 e. The Labute approximate surface area is 143 Å². The maximum absolute atomic E-state index is 13.3. The Balaban J connectivity index is 1.53. The van der Waals surface area contributed by atoms with E-state index in [1.54, 1.807) is 4.90 Å². The number of rotatable bonds is 2. The molecule has 24 heavy (non-hydrogen) atoms. The van der Waals surface area contributed by atoms with E-state index in [1.165, 1.54) is 18.2 Å². The molecule has 0 aliphatic carbocycles. The lowest BCUT2D eigenvalue weighted by molar-refractivity contribution is 0.0631. The molecule has 1 fully saturated rings. The third-order valence-electron chi connectivity index (χ3n) is 4.43. The van der Waals surface area contributed by atoms with Crippen LogP contribution in [0.4, 0.5) is 4.39 Å². The number of amides is 1. The van der Waals surface area contributed by atoms with Crippen molar-refractivity contribution in [1.82, 2.24) is 4.90 Å². The topological polar surface area (TPSA) is 41.9 Å². The summed E-state index contributed by atoms with van der Waals surface area (Å²) in [5.41, 5.74) is 2.25. The lowest BCUT2D eigenvalue weighted by atomic mass is 9.95. The second-order valence-electron chi connectivity index (χ2n) is 5.93. The van der Waals surface area contributed by atoms with Crippen molar-refractivity contribution in [2.45, 2.75) is 6.10 Å². The van der Waals surface area contributed by atoms with Gasteiger partial charge in [-0.25, -0.2) is 4.39 Å². The number of halogens is 2. The van der Waals surface area contributed by atoms with Gasteiger partial charge >= 0.3 is 0 Å². The molecule has 2 heterocycles. The highest BCUT2D eigenvalue weighted by Gasteiger charge is 2.44. The SMILES string of the molecule is O=C(c1ccc(F)c(Cl)c1)N1CC2ON=C(c3ccccc3)C2C1. The van der Waals surface area contributed by atoms with Crippen molar-refractivity contribution in [2.75, 3.05) is 13.1 Å². The van der Waals surface area contributed by atoms with Crippen LogP contribution in [0, 0.1) is 11.7 Å². The molecule has 0 spiro atoms. The molecule has 1 amide bonds. The van der Waals surface area contributed by atoms with Crippen LogP contribution in [0.3, 0.4) is 0 Å². The average molecular weight is 345 g/mol. The number of benzene rings is 2. The number of carbonyl (C=O) groups is 1. The first-order chi connectivity index (χ1) is 11.6. The number of fused-ring (bicyclic) bond motifs is 1. The zero-order chi connectivity index (χ0) is 16.7. The molecule has 2 aliphatic heterocycles. The van der Waals surface area contributed by atoms with Crippen LogP contribution < -0.4 is 0 Å². The second kappa shape index (κ2) is 5.91. The summed E-state index contributed by atoms with van der Waals surface area (Å²) in [6.07, 6.45) is -0.139. The Morgan fingerprint density at radius 3 is 2.75 bits per heavy atom. The third-order valence-corrected chi connectivity index (χ3v) is 4.72.